The predicted octanol–water partition coefficient (Wildman–Crippen LogP) is -3.19. The topological polar surface area (TPSA) is 86.7 Å². The fourth-order valence-electron chi connectivity index (χ4n) is 1.39. The third-order valence-electron chi connectivity index (χ3n) is 2.31. The first-order chi connectivity index (χ1) is 5.89. The van der Waals surface area contributed by atoms with Gasteiger partial charge in [-0.1, -0.05) is 6.92 Å². The van der Waals surface area contributed by atoms with E-state index in [1.807, 2.05) is 6.92 Å². The van der Waals surface area contributed by atoms with Crippen molar-refractivity contribution < 1.29 is 52.4 Å². The van der Waals surface area contributed by atoms with Gasteiger partial charge in [0.05, 0.1) is 12.7 Å². The van der Waals surface area contributed by atoms with E-state index < -0.39 is 15.1 Å². The molecule has 2 atom stereocenters. The summed E-state index contributed by atoms with van der Waals surface area (Å²) in [7, 11) is -4.64. The van der Waals surface area contributed by atoms with Crippen molar-refractivity contribution in [2.24, 2.45) is 0 Å². The minimum atomic E-state index is -4.64. The average Bonchev–Trinajstić information content (AvgIpc) is 2.02. The van der Waals surface area contributed by atoms with Crippen LogP contribution in [0.1, 0.15) is 26.2 Å². The molecule has 1 fully saturated rings. The van der Waals surface area contributed by atoms with Crippen LogP contribution in [-0.2, 0) is 14.9 Å². The quantitative estimate of drug-likeness (QED) is 0.400. The zero-order valence-corrected chi connectivity index (χ0v) is 11.2. The molecule has 7 heteroatoms. The summed E-state index contributed by atoms with van der Waals surface area (Å²) in [5.41, 5.74) is 0. The SMILES string of the molecule is CCC1CC(O)(S(=O)(=O)[O-])CCO1.[Na+]. The Morgan fingerprint density at radius 1 is 1.64 bits per heavy atom. The molecule has 14 heavy (non-hydrogen) atoms. The van der Waals surface area contributed by atoms with Crippen molar-refractivity contribution in [2.75, 3.05) is 6.61 Å². The van der Waals surface area contributed by atoms with E-state index in [1.54, 1.807) is 0 Å². The minimum absolute atomic E-state index is 0. The summed E-state index contributed by atoms with van der Waals surface area (Å²) < 4.78 is 37.3. The fraction of sp³-hybridized carbons (Fsp3) is 1.00. The number of ether oxygens (including phenoxy) is 1. The summed E-state index contributed by atoms with van der Waals surface area (Å²) in [6, 6.07) is 0. The van der Waals surface area contributed by atoms with Crippen LogP contribution in [-0.4, -0.2) is 35.7 Å². The Labute approximate surface area is 106 Å². The molecule has 1 N–H and O–H groups in total. The maximum Gasteiger partial charge on any atom is 1.00 e. The first-order valence-electron chi connectivity index (χ1n) is 4.18. The maximum absolute atomic E-state index is 10.7. The molecule has 1 aliphatic rings. The molecule has 1 saturated heterocycles. The number of aliphatic hydroxyl groups is 1. The smallest absolute Gasteiger partial charge is 0.746 e. The van der Waals surface area contributed by atoms with E-state index in [0.29, 0.717) is 6.42 Å². The zero-order valence-electron chi connectivity index (χ0n) is 8.39. The summed E-state index contributed by atoms with van der Waals surface area (Å²) in [6.45, 7) is 1.93. The molecule has 0 aromatic rings. The van der Waals surface area contributed by atoms with Gasteiger partial charge in [0.2, 0.25) is 0 Å². The molecule has 5 nitrogen and oxygen atoms in total. The van der Waals surface area contributed by atoms with Crippen molar-refractivity contribution in [1.29, 1.82) is 0 Å². The number of hydrogen-bond donors (Lipinski definition) is 1. The van der Waals surface area contributed by atoms with Crippen LogP contribution in [0.5, 0.6) is 0 Å². The molecule has 0 amide bonds. The second-order valence-corrected chi connectivity index (χ2v) is 4.92. The van der Waals surface area contributed by atoms with E-state index >= 15 is 0 Å². The summed E-state index contributed by atoms with van der Waals surface area (Å²) in [6.07, 6.45) is 0.0187. The Morgan fingerprint density at radius 2 is 2.21 bits per heavy atom. The molecule has 0 radical (unpaired) electrons. The summed E-state index contributed by atoms with van der Waals surface area (Å²) in [5, 5.41) is 9.53. The Bertz CT molecular complexity index is 278. The van der Waals surface area contributed by atoms with Crippen molar-refractivity contribution in [1.82, 2.24) is 0 Å². The molecule has 1 rings (SSSR count). The van der Waals surface area contributed by atoms with Crippen molar-refractivity contribution in [3.05, 3.63) is 0 Å². The molecule has 2 unspecified atom stereocenters. The van der Waals surface area contributed by atoms with Crippen LogP contribution in [0.3, 0.4) is 0 Å². The van der Waals surface area contributed by atoms with E-state index in [9.17, 15) is 18.1 Å². The van der Waals surface area contributed by atoms with Gasteiger partial charge in [0.15, 0.2) is 4.93 Å². The third kappa shape index (κ3) is 3.16. The van der Waals surface area contributed by atoms with E-state index in [0.717, 1.165) is 0 Å². The van der Waals surface area contributed by atoms with Crippen LogP contribution in [0, 0.1) is 0 Å². The van der Waals surface area contributed by atoms with Gasteiger partial charge in [-0.2, -0.15) is 0 Å². The molecule has 1 aliphatic heterocycles. The fourth-order valence-corrected chi connectivity index (χ4v) is 2.11. The average molecular weight is 232 g/mol. The molecular formula is C7H13NaO5S. The zero-order chi connectivity index (χ0) is 10.1. The second kappa shape index (κ2) is 5.25. The van der Waals surface area contributed by atoms with Crippen molar-refractivity contribution >= 4 is 10.1 Å². The van der Waals surface area contributed by atoms with Crippen LogP contribution < -0.4 is 29.6 Å². The molecule has 0 aliphatic carbocycles. The minimum Gasteiger partial charge on any atom is -0.746 e. The van der Waals surface area contributed by atoms with Crippen LogP contribution in [0.25, 0.3) is 0 Å². The largest absolute Gasteiger partial charge is 1.00 e. The maximum atomic E-state index is 10.7. The van der Waals surface area contributed by atoms with Gasteiger partial charge >= 0.3 is 29.6 Å². The first-order valence-corrected chi connectivity index (χ1v) is 5.59. The van der Waals surface area contributed by atoms with Crippen LogP contribution >= 0.6 is 0 Å². The summed E-state index contributed by atoms with van der Waals surface area (Å²) >= 11 is 0. The molecule has 78 valence electrons. The first kappa shape index (κ1) is 14.8. The van der Waals surface area contributed by atoms with Crippen molar-refractivity contribution in [3.8, 4) is 0 Å². The standard InChI is InChI=1S/C7H14O5S.Na/c1-2-6-5-7(8,3-4-12-6)13(9,10)11;/h6,8H,2-5H2,1H3,(H,9,10,11);/q;+1/p-1. The molecule has 0 bridgehead atoms. The van der Waals surface area contributed by atoms with Crippen LogP contribution in [0.15, 0.2) is 0 Å². The van der Waals surface area contributed by atoms with Crippen LogP contribution in [0.2, 0.25) is 0 Å². The van der Waals surface area contributed by atoms with Gasteiger partial charge in [0.1, 0.15) is 10.1 Å². The number of rotatable bonds is 2. The molecule has 1 heterocycles. The van der Waals surface area contributed by atoms with Gasteiger partial charge in [0.25, 0.3) is 0 Å². The van der Waals surface area contributed by atoms with Gasteiger partial charge in [0, 0.05) is 12.8 Å². The molecule has 0 aromatic heterocycles. The summed E-state index contributed by atoms with van der Waals surface area (Å²) in [4.78, 5) is -2.12. The Balaban J connectivity index is 0.00000169. The van der Waals surface area contributed by atoms with Gasteiger partial charge in [-0.15, -0.1) is 0 Å². The van der Waals surface area contributed by atoms with E-state index in [-0.39, 0.29) is 55.1 Å². The van der Waals surface area contributed by atoms with Crippen LogP contribution in [0.4, 0.5) is 0 Å². The molecule has 0 spiro atoms. The van der Waals surface area contributed by atoms with Gasteiger partial charge < -0.3 is 14.4 Å². The Kier molecular flexibility index (Phi) is 5.56. The van der Waals surface area contributed by atoms with Gasteiger partial charge in [-0.25, -0.2) is 8.42 Å². The summed E-state index contributed by atoms with van der Waals surface area (Å²) in [5.74, 6) is 0. The monoisotopic (exact) mass is 232 g/mol. The molecule has 0 aromatic carbocycles. The number of hydrogen-bond acceptors (Lipinski definition) is 5. The Hall–Kier alpha value is 0.830. The molecular weight excluding hydrogens is 219 g/mol. The molecule has 0 saturated carbocycles. The Morgan fingerprint density at radius 3 is 2.64 bits per heavy atom. The van der Waals surface area contributed by atoms with Crippen molar-refractivity contribution in [3.63, 3.8) is 0 Å². The van der Waals surface area contributed by atoms with E-state index in [2.05, 4.69) is 0 Å². The predicted molar refractivity (Wildman–Crippen MR) is 43.9 cm³/mol. The van der Waals surface area contributed by atoms with E-state index in [4.69, 9.17) is 4.74 Å². The van der Waals surface area contributed by atoms with Gasteiger partial charge in [-0.05, 0) is 6.42 Å². The third-order valence-corrected chi connectivity index (χ3v) is 3.62. The van der Waals surface area contributed by atoms with E-state index in [1.165, 1.54) is 0 Å². The second-order valence-electron chi connectivity index (χ2n) is 3.26. The van der Waals surface area contributed by atoms with Crippen molar-refractivity contribution in [2.45, 2.75) is 37.2 Å². The van der Waals surface area contributed by atoms with Gasteiger partial charge in [-0.3, -0.25) is 0 Å². The normalized spacial score (nSPS) is 33.5.